The molecule has 2 aromatic carbocycles. The molecule has 30 heavy (non-hydrogen) atoms. The molecule has 1 aliphatic heterocycles. The minimum atomic E-state index is -0.843. The average molecular weight is 430 g/mol. The van der Waals surface area contributed by atoms with Crippen molar-refractivity contribution < 1.29 is 23.5 Å². The Balaban J connectivity index is 1.82. The number of benzene rings is 2. The molecule has 9 heteroatoms. The van der Waals surface area contributed by atoms with Crippen molar-refractivity contribution in [3.63, 3.8) is 0 Å². The zero-order valence-corrected chi connectivity index (χ0v) is 16.6. The first kappa shape index (κ1) is 21.1. The van der Waals surface area contributed by atoms with E-state index in [4.69, 9.17) is 16.3 Å². The van der Waals surface area contributed by atoms with E-state index in [1.54, 1.807) is 18.2 Å². The Hall–Kier alpha value is -3.57. The Bertz CT molecular complexity index is 1060. The summed E-state index contributed by atoms with van der Waals surface area (Å²) in [7, 11) is 1.51. The van der Waals surface area contributed by atoms with Crippen LogP contribution in [0.15, 0.2) is 36.4 Å². The van der Waals surface area contributed by atoms with Gasteiger partial charge in [-0.15, -0.1) is 0 Å². The van der Waals surface area contributed by atoms with Crippen LogP contribution in [-0.2, 0) is 11.3 Å². The maximum atomic E-state index is 13.5. The van der Waals surface area contributed by atoms with Crippen LogP contribution in [0.2, 0.25) is 5.02 Å². The Morgan fingerprint density at radius 1 is 1.37 bits per heavy atom. The molecule has 1 aliphatic rings. The third-order valence-corrected chi connectivity index (χ3v) is 4.73. The summed E-state index contributed by atoms with van der Waals surface area (Å²) in [6.07, 6.45) is 0.229. The van der Waals surface area contributed by atoms with Crippen molar-refractivity contribution >= 4 is 29.9 Å². The lowest BCUT2D eigenvalue weighted by Crippen LogP contribution is -2.46. The van der Waals surface area contributed by atoms with Crippen LogP contribution in [0.1, 0.15) is 21.5 Å². The lowest BCUT2D eigenvalue weighted by atomic mass is 10.1. The van der Waals surface area contributed by atoms with Crippen molar-refractivity contribution in [2.75, 3.05) is 13.7 Å². The molecular weight excluding hydrogens is 413 g/mol. The van der Waals surface area contributed by atoms with Gasteiger partial charge in [0.15, 0.2) is 0 Å². The summed E-state index contributed by atoms with van der Waals surface area (Å²) >= 11 is 6.03. The number of hydrogen-bond donors (Lipinski definition) is 2. The summed E-state index contributed by atoms with van der Waals surface area (Å²) in [5.41, 5.74) is 1.56. The van der Waals surface area contributed by atoms with E-state index >= 15 is 0 Å². The number of halogens is 2. The van der Waals surface area contributed by atoms with Gasteiger partial charge in [0.1, 0.15) is 17.6 Å². The van der Waals surface area contributed by atoms with Crippen LogP contribution in [0, 0.1) is 17.7 Å². The van der Waals surface area contributed by atoms with E-state index in [2.05, 4.69) is 17.2 Å². The Labute approximate surface area is 177 Å². The van der Waals surface area contributed by atoms with Gasteiger partial charge in [0, 0.05) is 17.7 Å². The number of carbonyl (C=O) groups is 3. The summed E-state index contributed by atoms with van der Waals surface area (Å²) < 4.78 is 18.6. The van der Waals surface area contributed by atoms with E-state index in [1.165, 1.54) is 30.2 Å². The van der Waals surface area contributed by atoms with Gasteiger partial charge in [0.05, 0.1) is 18.7 Å². The number of rotatable bonds is 5. The molecular formula is C21H17ClFN3O4. The summed E-state index contributed by atoms with van der Waals surface area (Å²) in [5.74, 6) is 5.31. The molecule has 2 aromatic rings. The number of urea groups is 1. The molecule has 3 rings (SSSR count). The van der Waals surface area contributed by atoms with Gasteiger partial charge in [-0.1, -0.05) is 29.5 Å². The number of amides is 4. The molecule has 4 amide bonds. The Morgan fingerprint density at radius 3 is 2.90 bits per heavy atom. The van der Waals surface area contributed by atoms with Gasteiger partial charge in [-0.05, 0) is 35.9 Å². The number of carbonyl (C=O) groups excluding carboxylic acids is 3. The van der Waals surface area contributed by atoms with Crippen molar-refractivity contribution in [2.45, 2.75) is 12.6 Å². The molecule has 0 bridgehead atoms. The minimum absolute atomic E-state index is 0.0437. The number of methoxy groups -OCH3 is 1. The SMILES string of the molecule is COc1ccc2c(c1)C(=O)N(CC(C#Cc1cc(F)ccc1Cl)NC(=O)NC=O)C2. The molecule has 0 radical (unpaired) electrons. The molecule has 1 unspecified atom stereocenters. The lowest BCUT2D eigenvalue weighted by Gasteiger charge is -2.21. The van der Waals surface area contributed by atoms with E-state index in [0.29, 0.717) is 17.9 Å². The fourth-order valence-corrected chi connectivity index (χ4v) is 3.14. The molecule has 0 saturated carbocycles. The topological polar surface area (TPSA) is 87.7 Å². The molecule has 0 spiro atoms. The van der Waals surface area contributed by atoms with Crippen molar-refractivity contribution in [3.8, 4) is 17.6 Å². The predicted molar refractivity (Wildman–Crippen MR) is 108 cm³/mol. The zero-order chi connectivity index (χ0) is 21.7. The normalized spacial score (nSPS) is 13.0. The number of hydrogen-bond acceptors (Lipinski definition) is 4. The second-order valence-corrected chi connectivity index (χ2v) is 6.80. The van der Waals surface area contributed by atoms with Crippen molar-refractivity contribution in [2.24, 2.45) is 0 Å². The molecule has 2 N–H and O–H groups in total. The fraction of sp³-hybridized carbons (Fsp3) is 0.190. The Morgan fingerprint density at radius 2 is 2.17 bits per heavy atom. The Kier molecular flexibility index (Phi) is 6.54. The van der Waals surface area contributed by atoms with Gasteiger partial charge in [-0.25, -0.2) is 9.18 Å². The number of nitrogens with zero attached hydrogens (tertiary/aromatic N) is 1. The number of ether oxygens (including phenoxy) is 1. The molecule has 1 atom stereocenters. The smallest absolute Gasteiger partial charge is 0.322 e. The maximum Gasteiger partial charge on any atom is 0.322 e. The van der Waals surface area contributed by atoms with Gasteiger partial charge in [0.2, 0.25) is 6.41 Å². The third kappa shape index (κ3) is 4.88. The van der Waals surface area contributed by atoms with E-state index in [9.17, 15) is 18.8 Å². The highest BCUT2D eigenvalue weighted by atomic mass is 35.5. The number of fused-ring (bicyclic) bond motifs is 1. The minimum Gasteiger partial charge on any atom is -0.497 e. The number of imide groups is 1. The van der Waals surface area contributed by atoms with Crippen LogP contribution in [0.3, 0.4) is 0 Å². The van der Waals surface area contributed by atoms with Crippen LogP contribution in [0.4, 0.5) is 9.18 Å². The summed E-state index contributed by atoms with van der Waals surface area (Å²) in [5, 5.41) is 4.71. The zero-order valence-electron chi connectivity index (χ0n) is 15.9. The van der Waals surface area contributed by atoms with Gasteiger partial charge in [-0.2, -0.15) is 0 Å². The molecule has 0 aliphatic carbocycles. The second kappa shape index (κ2) is 9.29. The summed E-state index contributed by atoms with van der Waals surface area (Å²) in [6, 6.07) is 7.33. The van der Waals surface area contributed by atoms with E-state index in [0.717, 1.165) is 5.56 Å². The molecule has 0 aromatic heterocycles. The third-order valence-electron chi connectivity index (χ3n) is 4.40. The average Bonchev–Trinajstić information content (AvgIpc) is 3.03. The monoisotopic (exact) mass is 429 g/mol. The largest absolute Gasteiger partial charge is 0.497 e. The van der Waals surface area contributed by atoms with Crippen molar-refractivity contribution in [1.82, 2.24) is 15.5 Å². The van der Waals surface area contributed by atoms with Crippen molar-refractivity contribution in [1.29, 1.82) is 0 Å². The van der Waals surface area contributed by atoms with Crippen LogP contribution < -0.4 is 15.4 Å². The van der Waals surface area contributed by atoms with Gasteiger partial charge in [-0.3, -0.25) is 14.9 Å². The van der Waals surface area contributed by atoms with E-state index in [1.807, 2.05) is 5.32 Å². The van der Waals surface area contributed by atoms with Gasteiger partial charge < -0.3 is 15.0 Å². The molecule has 0 saturated heterocycles. The molecule has 154 valence electrons. The first-order valence-electron chi connectivity index (χ1n) is 8.84. The molecule has 1 heterocycles. The van der Waals surface area contributed by atoms with Crippen LogP contribution in [0.25, 0.3) is 0 Å². The highest BCUT2D eigenvalue weighted by molar-refractivity contribution is 6.31. The highest BCUT2D eigenvalue weighted by Crippen LogP contribution is 2.26. The van der Waals surface area contributed by atoms with Gasteiger partial charge >= 0.3 is 6.03 Å². The van der Waals surface area contributed by atoms with E-state index < -0.39 is 17.9 Å². The van der Waals surface area contributed by atoms with Crippen molar-refractivity contribution in [3.05, 3.63) is 63.9 Å². The summed E-state index contributed by atoms with van der Waals surface area (Å²) in [6.45, 7) is 0.371. The molecule has 7 nitrogen and oxygen atoms in total. The van der Waals surface area contributed by atoms with E-state index in [-0.39, 0.29) is 29.4 Å². The molecule has 0 fully saturated rings. The first-order valence-corrected chi connectivity index (χ1v) is 9.22. The standard InChI is InChI=1S/C21H17ClFN3O4/c1-30-17-6-3-14-10-26(20(28)18(14)9-17)11-16(25-21(29)24-12-27)5-2-13-8-15(23)4-7-19(13)22/h3-4,6-9,12,16H,10-11H2,1H3,(H2,24,25,27,29). The summed E-state index contributed by atoms with van der Waals surface area (Å²) in [4.78, 5) is 36.6. The fourth-order valence-electron chi connectivity index (χ4n) is 2.97. The van der Waals surface area contributed by atoms with Crippen LogP contribution >= 0.6 is 11.6 Å². The van der Waals surface area contributed by atoms with Crippen LogP contribution in [0.5, 0.6) is 5.75 Å². The highest BCUT2D eigenvalue weighted by Gasteiger charge is 2.29. The predicted octanol–water partition coefficient (Wildman–Crippen LogP) is 2.32. The lowest BCUT2D eigenvalue weighted by molar-refractivity contribution is -0.108. The first-order chi connectivity index (χ1) is 14.4. The van der Waals surface area contributed by atoms with Crippen LogP contribution in [-0.4, -0.2) is 42.9 Å². The number of nitrogens with one attached hydrogen (secondary N) is 2. The quantitative estimate of drug-likeness (QED) is 0.564. The van der Waals surface area contributed by atoms with Gasteiger partial charge in [0.25, 0.3) is 5.91 Å². The second-order valence-electron chi connectivity index (χ2n) is 6.39. The maximum absolute atomic E-state index is 13.5.